The van der Waals surface area contributed by atoms with Crippen LogP contribution in [0, 0.1) is 28.6 Å². The predicted molar refractivity (Wildman–Crippen MR) is 151 cm³/mol. The molecule has 5 aliphatic rings. The molecule has 4 N–H and O–H groups in total. The Morgan fingerprint density at radius 1 is 1.13 bits per heavy atom. The van der Waals surface area contributed by atoms with E-state index >= 15 is 0 Å². The van der Waals surface area contributed by atoms with Gasteiger partial charge in [0.15, 0.2) is 18.1 Å². The number of nitrogens with one attached hydrogen (secondary N) is 1. The maximum atomic E-state index is 13.7. The zero-order valence-corrected chi connectivity index (χ0v) is 26.2. The van der Waals surface area contributed by atoms with Crippen molar-refractivity contribution in [1.82, 2.24) is 5.32 Å². The van der Waals surface area contributed by atoms with E-state index in [0.717, 1.165) is 13.2 Å². The number of amides is 1. The second-order valence-corrected chi connectivity index (χ2v) is 13.3. The van der Waals surface area contributed by atoms with E-state index in [1.54, 1.807) is 27.7 Å². The molecule has 10 atom stereocenters. The van der Waals surface area contributed by atoms with E-state index in [4.69, 9.17) is 28.8 Å². The molecule has 1 amide bonds. The minimum Gasteiger partial charge on any atom is -0.481 e. The summed E-state index contributed by atoms with van der Waals surface area (Å²) in [5.74, 6) is -8.09. The molecule has 15 nitrogen and oxygen atoms in total. The number of aliphatic hydroxyl groups excluding tert-OH is 2. The molecule has 3 aliphatic carbocycles. The van der Waals surface area contributed by atoms with Gasteiger partial charge in [0, 0.05) is 30.4 Å². The highest BCUT2D eigenvalue weighted by Crippen LogP contribution is 2.72. The highest BCUT2D eigenvalue weighted by atomic mass is 16.6. The number of carboxylic acids is 1. The first kappa shape index (κ1) is 33.5. The van der Waals surface area contributed by atoms with Crippen molar-refractivity contribution >= 4 is 35.6 Å². The normalized spacial score (nSPS) is 38.9. The van der Waals surface area contributed by atoms with Gasteiger partial charge in [-0.1, -0.05) is 12.5 Å². The monoisotopic (exact) mass is 649 g/mol. The van der Waals surface area contributed by atoms with E-state index in [-0.39, 0.29) is 38.2 Å². The van der Waals surface area contributed by atoms with Gasteiger partial charge in [0.2, 0.25) is 11.7 Å². The van der Waals surface area contributed by atoms with Gasteiger partial charge in [-0.2, -0.15) is 0 Å². The first-order valence-electron chi connectivity index (χ1n) is 15.1. The first-order valence-corrected chi connectivity index (χ1v) is 15.1. The van der Waals surface area contributed by atoms with Crippen LogP contribution in [0.2, 0.25) is 0 Å². The Labute approximate surface area is 264 Å². The van der Waals surface area contributed by atoms with Crippen LogP contribution in [0.5, 0.6) is 0 Å². The molecular formula is C31H39NO14. The average molecular weight is 650 g/mol. The molecule has 46 heavy (non-hydrogen) atoms. The maximum absolute atomic E-state index is 13.7. The number of hydrogen-bond donors (Lipinski definition) is 4. The van der Waals surface area contributed by atoms with Gasteiger partial charge in [0.1, 0.15) is 12.2 Å². The van der Waals surface area contributed by atoms with E-state index in [1.807, 2.05) is 0 Å². The minimum atomic E-state index is -2.28. The van der Waals surface area contributed by atoms with Crippen LogP contribution in [0.4, 0.5) is 0 Å². The van der Waals surface area contributed by atoms with Crippen molar-refractivity contribution in [2.24, 2.45) is 28.6 Å². The van der Waals surface area contributed by atoms with Crippen LogP contribution in [0.1, 0.15) is 47.0 Å². The van der Waals surface area contributed by atoms with Crippen molar-refractivity contribution in [2.45, 2.75) is 77.0 Å². The van der Waals surface area contributed by atoms with Crippen molar-refractivity contribution in [3.8, 4) is 0 Å². The van der Waals surface area contributed by atoms with Crippen molar-refractivity contribution < 1.29 is 67.8 Å². The van der Waals surface area contributed by atoms with Gasteiger partial charge in [0.25, 0.3) is 5.91 Å². The quantitative estimate of drug-likeness (QED) is 0.141. The number of carboxylic acid groups (broad SMARTS) is 1. The first-order chi connectivity index (χ1) is 21.6. The van der Waals surface area contributed by atoms with Gasteiger partial charge in [-0.15, -0.1) is 0 Å². The molecule has 252 valence electrons. The lowest BCUT2D eigenvalue weighted by atomic mass is 9.38. The molecule has 2 aliphatic heterocycles. The van der Waals surface area contributed by atoms with E-state index < -0.39 is 101 Å². The number of esters is 3. The number of fused-ring (bicyclic) bond motifs is 2. The number of methoxy groups -OCH3 is 1. The zero-order chi connectivity index (χ0) is 33.9. The third-order valence-corrected chi connectivity index (χ3v) is 10.5. The standard InChI is InChI=1S/C31H39NO14/c1-13(2)8-20(37)46-23-25-30-12-44-31(25,28(41)42-5)26(39)21(38)24(30)29(4)10-16(33)22(43-11-18(34)32-7-6-19(35)36)14(3)15(29)9-17(30)45-27(23)40/h8,15,17,21,23-26,38-39H,6-7,9-12H2,1-5H3,(H,32,34)(H,35,36)/t15-,17+,21+,23+,24+,25+,26-,29-,30+,31-/m0/s1. The Bertz CT molecular complexity index is 1430. The summed E-state index contributed by atoms with van der Waals surface area (Å²) in [6.07, 6.45) is -5.56. The van der Waals surface area contributed by atoms with Crippen molar-refractivity contribution in [2.75, 3.05) is 26.9 Å². The average Bonchev–Trinajstić information content (AvgIpc) is 3.27. The van der Waals surface area contributed by atoms with E-state index in [0.29, 0.717) is 11.1 Å². The minimum absolute atomic E-state index is 0.0727. The summed E-state index contributed by atoms with van der Waals surface area (Å²) >= 11 is 0. The Balaban J connectivity index is 1.56. The largest absolute Gasteiger partial charge is 0.481 e. The Morgan fingerprint density at radius 2 is 1.83 bits per heavy atom. The van der Waals surface area contributed by atoms with Crippen LogP contribution in [0.15, 0.2) is 23.0 Å². The SMILES string of the molecule is COC(=O)[C@@]12OC[C@]34[C@H]([C@@H](O)[C@@H]1O)[C@@]1(C)CC(=O)C(OCC(=O)NCCC(=O)O)=C(C)[C@@H]1C[C@H]3OC(=O)[C@H](OC(=O)C=C(C)C)[C@@H]24. The molecule has 4 fully saturated rings. The van der Waals surface area contributed by atoms with Gasteiger partial charge < -0.3 is 44.3 Å². The summed E-state index contributed by atoms with van der Waals surface area (Å²) in [7, 11) is 1.07. The number of aliphatic hydroxyl groups is 2. The molecule has 0 unspecified atom stereocenters. The molecule has 0 aromatic rings. The molecular weight excluding hydrogens is 610 g/mol. The Hall–Kier alpha value is -3.82. The van der Waals surface area contributed by atoms with Crippen LogP contribution in [0.25, 0.3) is 0 Å². The van der Waals surface area contributed by atoms with Gasteiger partial charge >= 0.3 is 23.9 Å². The summed E-state index contributed by atoms with van der Waals surface area (Å²) in [6.45, 7) is 5.75. The lowest BCUT2D eigenvalue weighted by Gasteiger charge is -2.67. The summed E-state index contributed by atoms with van der Waals surface area (Å²) in [6, 6.07) is 0. The fourth-order valence-electron chi connectivity index (χ4n) is 8.93. The van der Waals surface area contributed by atoms with Crippen LogP contribution >= 0.6 is 0 Å². The van der Waals surface area contributed by atoms with Crippen LogP contribution in [-0.4, -0.2) is 108 Å². The van der Waals surface area contributed by atoms with E-state index in [1.165, 1.54) is 0 Å². The summed E-state index contributed by atoms with van der Waals surface area (Å²) in [4.78, 5) is 76.6. The molecule has 0 radical (unpaired) electrons. The van der Waals surface area contributed by atoms with Crippen molar-refractivity contribution in [1.29, 1.82) is 0 Å². The van der Waals surface area contributed by atoms with Crippen LogP contribution in [0.3, 0.4) is 0 Å². The lowest BCUT2D eigenvalue weighted by molar-refractivity contribution is -0.290. The fourth-order valence-corrected chi connectivity index (χ4v) is 8.93. The summed E-state index contributed by atoms with van der Waals surface area (Å²) in [5, 5.41) is 34.7. The maximum Gasteiger partial charge on any atom is 0.348 e. The molecule has 0 aromatic carbocycles. The van der Waals surface area contributed by atoms with Gasteiger partial charge in [0.05, 0.1) is 32.2 Å². The van der Waals surface area contributed by atoms with Crippen molar-refractivity contribution in [3.63, 3.8) is 0 Å². The highest BCUT2D eigenvalue weighted by molar-refractivity contribution is 5.96. The molecule has 15 heteroatoms. The topological polar surface area (TPSA) is 221 Å². The van der Waals surface area contributed by atoms with Crippen molar-refractivity contribution in [3.05, 3.63) is 23.0 Å². The molecule has 2 bridgehead atoms. The number of ether oxygens (including phenoxy) is 5. The molecule has 5 rings (SSSR count). The number of Topliss-reactive ketones (excluding diaryl/α,β-unsaturated/α-hetero) is 1. The van der Waals surface area contributed by atoms with Gasteiger partial charge in [-0.05, 0) is 44.1 Å². The number of allylic oxidation sites excluding steroid dienone is 3. The Morgan fingerprint density at radius 3 is 2.46 bits per heavy atom. The zero-order valence-electron chi connectivity index (χ0n) is 26.2. The molecule has 2 saturated heterocycles. The van der Waals surface area contributed by atoms with Gasteiger partial charge in [-0.25, -0.2) is 14.4 Å². The predicted octanol–water partition coefficient (Wildman–Crippen LogP) is -0.433. The van der Waals surface area contributed by atoms with Crippen LogP contribution in [-0.2, 0) is 52.5 Å². The molecule has 2 heterocycles. The number of aliphatic carboxylic acids is 1. The second-order valence-electron chi connectivity index (χ2n) is 13.3. The number of rotatable bonds is 9. The molecule has 1 spiro atoms. The third-order valence-electron chi connectivity index (χ3n) is 10.5. The number of ketones is 1. The Kier molecular flexibility index (Phi) is 8.58. The second kappa shape index (κ2) is 11.8. The molecule has 0 aromatic heterocycles. The smallest absolute Gasteiger partial charge is 0.348 e. The summed E-state index contributed by atoms with van der Waals surface area (Å²) < 4.78 is 28.3. The third kappa shape index (κ3) is 4.82. The number of carbonyl (C=O) groups is 6. The highest BCUT2D eigenvalue weighted by Gasteiger charge is 2.85. The van der Waals surface area contributed by atoms with Gasteiger partial charge in [-0.3, -0.25) is 14.4 Å². The van der Waals surface area contributed by atoms with E-state index in [2.05, 4.69) is 5.32 Å². The number of carbonyl (C=O) groups excluding carboxylic acids is 5. The fraction of sp³-hybridized carbons (Fsp3) is 0.677. The summed E-state index contributed by atoms with van der Waals surface area (Å²) in [5.41, 5.74) is -3.77. The molecule has 2 saturated carbocycles. The number of hydrogen-bond acceptors (Lipinski definition) is 13. The van der Waals surface area contributed by atoms with E-state index in [9.17, 15) is 39.0 Å². The van der Waals surface area contributed by atoms with Crippen LogP contribution < -0.4 is 5.32 Å². The lowest BCUT2D eigenvalue weighted by Crippen LogP contribution is -2.79.